The summed E-state index contributed by atoms with van der Waals surface area (Å²) in [5.74, 6) is 0. The van der Waals surface area contributed by atoms with Gasteiger partial charge in [-0.1, -0.05) is 319 Å². The molecule has 0 saturated carbocycles. The number of rotatable bonds is 10. The summed E-state index contributed by atoms with van der Waals surface area (Å²) in [5.41, 5.74) is 17.7. The van der Waals surface area contributed by atoms with Crippen LogP contribution >= 0.6 is 0 Å². The first-order valence-electron chi connectivity index (χ1n) is 37.8. The molecule has 20 aromatic rings. The standard InChI is InChI=1S/5C21H17N/c1-15-10-12-18(13-11-15)22-21-19-8-4-2-6-16(19)14-17-7-3-5-9-20(17)21;1-15-9-13-18(14-10-15)22-20-8-4-6-17-12-11-16-5-2-3-7-19(16)21(17)20;1-15-9-12-17(13-10-15)22-21-8-4-7-19-18-6-3-2-5-16(18)11-14-20(19)21;1-15-6-11-18(12-7-15)22-19-13-10-17-9-8-16-4-2-3-5-20(16)21(17)14-19;1-15-6-10-18(11-7-15)22-19-12-13-21-17(14-19)9-8-16-4-2-3-5-20(16)21/h5*2-14,22H,1H3. The number of benzene rings is 20. The third-order valence-electron chi connectivity index (χ3n) is 20.5. The molecule has 0 spiro atoms. The molecule has 0 aliphatic heterocycles. The normalized spacial score (nSPS) is 11.0. The molecular weight excluding hydrogens is 1330 g/mol. The van der Waals surface area contributed by atoms with Crippen LogP contribution in [0.25, 0.3) is 108 Å². The molecule has 0 amide bonds. The Labute approximate surface area is 643 Å². The minimum atomic E-state index is 1.12. The number of fused-ring (bicyclic) bond motifs is 14. The smallest absolute Gasteiger partial charge is 0.0543 e. The Morgan fingerprint density at radius 3 is 0.936 bits per heavy atom. The second-order valence-corrected chi connectivity index (χ2v) is 28.5. The van der Waals surface area contributed by atoms with Gasteiger partial charge in [0.2, 0.25) is 0 Å². The third-order valence-corrected chi connectivity index (χ3v) is 20.5. The van der Waals surface area contributed by atoms with Crippen molar-refractivity contribution in [3.8, 4) is 0 Å². The topological polar surface area (TPSA) is 60.1 Å². The van der Waals surface area contributed by atoms with Crippen molar-refractivity contribution in [2.24, 2.45) is 0 Å². The van der Waals surface area contributed by atoms with E-state index in [-0.39, 0.29) is 0 Å². The lowest BCUT2D eigenvalue weighted by Crippen LogP contribution is -1.93. The van der Waals surface area contributed by atoms with Gasteiger partial charge in [-0.15, -0.1) is 0 Å². The van der Waals surface area contributed by atoms with Crippen molar-refractivity contribution in [2.45, 2.75) is 34.6 Å². The molecule has 0 saturated heterocycles. The lowest BCUT2D eigenvalue weighted by Gasteiger charge is -2.14. The monoisotopic (exact) mass is 1420 g/mol. The van der Waals surface area contributed by atoms with Gasteiger partial charge in [0.05, 0.1) is 5.69 Å². The van der Waals surface area contributed by atoms with Crippen molar-refractivity contribution in [2.75, 3.05) is 26.6 Å². The van der Waals surface area contributed by atoms with Crippen LogP contribution in [0.3, 0.4) is 0 Å². The molecule has 0 aliphatic carbocycles. The molecular formula is C105H85N5. The first-order valence-corrected chi connectivity index (χ1v) is 37.8. The van der Waals surface area contributed by atoms with Gasteiger partial charge in [-0.2, -0.15) is 0 Å². The summed E-state index contributed by atoms with van der Waals surface area (Å²) >= 11 is 0. The summed E-state index contributed by atoms with van der Waals surface area (Å²) in [5, 5.41) is 43.2. The first kappa shape index (κ1) is 70.3. The Bertz CT molecular complexity index is 6540. The molecule has 0 fully saturated rings. The molecule has 530 valence electrons. The maximum Gasteiger partial charge on any atom is 0.0543 e. The average molecular weight is 1420 g/mol. The largest absolute Gasteiger partial charge is 0.356 e. The molecule has 0 bridgehead atoms. The summed E-state index contributed by atoms with van der Waals surface area (Å²) in [6.07, 6.45) is 0. The van der Waals surface area contributed by atoms with Crippen LogP contribution in [-0.4, -0.2) is 0 Å². The minimum Gasteiger partial charge on any atom is -0.356 e. The summed E-state index contributed by atoms with van der Waals surface area (Å²) in [6, 6.07) is 139. The van der Waals surface area contributed by atoms with Gasteiger partial charge in [0.1, 0.15) is 0 Å². The fraction of sp³-hybridized carbons (Fsp3) is 0.0476. The van der Waals surface area contributed by atoms with Gasteiger partial charge in [-0.25, -0.2) is 0 Å². The zero-order chi connectivity index (χ0) is 74.7. The summed E-state index contributed by atoms with van der Waals surface area (Å²) in [4.78, 5) is 0. The number of nitrogens with one attached hydrogen (secondary N) is 5. The molecule has 0 atom stereocenters. The van der Waals surface area contributed by atoms with Gasteiger partial charge in [0.25, 0.3) is 0 Å². The quantitative estimate of drug-likeness (QED) is 0.0698. The van der Waals surface area contributed by atoms with Crippen LogP contribution in [0.15, 0.2) is 394 Å². The predicted molar refractivity (Wildman–Crippen MR) is 480 cm³/mol. The molecule has 0 radical (unpaired) electrons. The minimum absolute atomic E-state index is 1.12. The molecule has 20 rings (SSSR count). The van der Waals surface area contributed by atoms with Crippen molar-refractivity contribution >= 4 is 165 Å². The van der Waals surface area contributed by atoms with Gasteiger partial charge in [0, 0.05) is 72.7 Å². The lowest BCUT2D eigenvalue weighted by molar-refractivity contribution is 1.46. The maximum absolute atomic E-state index is 3.62. The van der Waals surface area contributed by atoms with Gasteiger partial charge >= 0.3 is 0 Å². The van der Waals surface area contributed by atoms with E-state index in [2.05, 4.69) is 456 Å². The number of anilines is 10. The summed E-state index contributed by atoms with van der Waals surface area (Å²) in [6.45, 7) is 10.5. The highest BCUT2D eigenvalue weighted by molar-refractivity contribution is 6.16. The van der Waals surface area contributed by atoms with E-state index in [9.17, 15) is 0 Å². The third kappa shape index (κ3) is 16.2. The molecule has 5 heteroatoms. The van der Waals surface area contributed by atoms with E-state index in [1.54, 1.807) is 0 Å². The molecule has 0 heterocycles. The molecule has 110 heavy (non-hydrogen) atoms. The number of hydrogen-bond donors (Lipinski definition) is 5. The van der Waals surface area contributed by atoms with E-state index in [1.807, 2.05) is 0 Å². The van der Waals surface area contributed by atoms with Crippen LogP contribution in [0.4, 0.5) is 56.9 Å². The first-order chi connectivity index (χ1) is 54.0. The predicted octanol–water partition coefficient (Wildman–Crippen LogP) is 30.2. The maximum atomic E-state index is 3.62. The molecule has 20 aromatic carbocycles. The highest BCUT2D eigenvalue weighted by atomic mass is 14.9. The second-order valence-electron chi connectivity index (χ2n) is 28.5. The van der Waals surface area contributed by atoms with Gasteiger partial charge in [-0.05, 0) is 224 Å². The molecule has 0 unspecified atom stereocenters. The second kappa shape index (κ2) is 32.4. The fourth-order valence-corrected chi connectivity index (χ4v) is 14.6. The Morgan fingerprint density at radius 1 is 0.145 bits per heavy atom. The Balaban J connectivity index is 0.000000104. The zero-order valence-electron chi connectivity index (χ0n) is 62.5. The molecule has 5 nitrogen and oxygen atoms in total. The lowest BCUT2D eigenvalue weighted by atomic mass is 10.0. The van der Waals surface area contributed by atoms with Crippen molar-refractivity contribution in [1.82, 2.24) is 0 Å². The number of aryl methyl sites for hydroxylation is 5. The van der Waals surface area contributed by atoms with E-state index in [4.69, 9.17) is 0 Å². The highest BCUT2D eigenvalue weighted by Crippen LogP contribution is 2.38. The van der Waals surface area contributed by atoms with Gasteiger partial charge < -0.3 is 26.6 Å². The Hall–Kier alpha value is -14.0. The number of hydrogen-bond acceptors (Lipinski definition) is 5. The van der Waals surface area contributed by atoms with Crippen molar-refractivity contribution in [3.05, 3.63) is 422 Å². The van der Waals surface area contributed by atoms with Crippen molar-refractivity contribution in [3.63, 3.8) is 0 Å². The van der Waals surface area contributed by atoms with Crippen LogP contribution in [0.5, 0.6) is 0 Å². The Kier molecular flexibility index (Phi) is 20.7. The van der Waals surface area contributed by atoms with Crippen molar-refractivity contribution < 1.29 is 0 Å². The van der Waals surface area contributed by atoms with E-state index >= 15 is 0 Å². The van der Waals surface area contributed by atoms with Gasteiger partial charge in [-0.3, -0.25) is 0 Å². The summed E-state index contributed by atoms with van der Waals surface area (Å²) in [7, 11) is 0. The van der Waals surface area contributed by atoms with E-state index in [0.717, 1.165) is 51.2 Å². The van der Waals surface area contributed by atoms with E-state index in [0.29, 0.717) is 0 Å². The zero-order valence-corrected chi connectivity index (χ0v) is 62.5. The molecule has 5 N–H and O–H groups in total. The van der Waals surface area contributed by atoms with Crippen LogP contribution in [0.1, 0.15) is 27.8 Å². The van der Waals surface area contributed by atoms with Crippen LogP contribution < -0.4 is 26.6 Å². The van der Waals surface area contributed by atoms with Crippen LogP contribution in [0, 0.1) is 34.6 Å². The SMILES string of the molecule is Cc1ccc(Nc2c3ccccc3cc3ccccc23)cc1.Cc1ccc(Nc2ccc3c(ccc4ccccc43)c2)cc1.Cc1ccc(Nc2ccc3ccc4ccccc4c3c2)cc1.Cc1ccc(Nc2cccc3c2ccc2ccccc23)cc1.Cc1ccc(Nc2cccc3ccc4ccccc4c23)cc1. The summed E-state index contributed by atoms with van der Waals surface area (Å²) < 4.78 is 0. The average Bonchev–Trinajstić information content (AvgIpc) is 0.794. The van der Waals surface area contributed by atoms with Crippen LogP contribution in [0.2, 0.25) is 0 Å². The van der Waals surface area contributed by atoms with Crippen LogP contribution in [-0.2, 0) is 0 Å². The molecule has 0 aromatic heterocycles. The Morgan fingerprint density at radius 2 is 0.427 bits per heavy atom. The van der Waals surface area contributed by atoms with Crippen molar-refractivity contribution in [1.29, 1.82) is 0 Å². The van der Waals surface area contributed by atoms with Gasteiger partial charge in [0.15, 0.2) is 0 Å². The molecule has 0 aliphatic rings. The van der Waals surface area contributed by atoms with E-state index < -0.39 is 0 Å². The van der Waals surface area contributed by atoms with E-state index in [1.165, 1.54) is 141 Å². The fourth-order valence-electron chi connectivity index (χ4n) is 14.6. The highest BCUT2D eigenvalue weighted by Gasteiger charge is 2.12.